The van der Waals surface area contributed by atoms with Crippen molar-refractivity contribution in [2.45, 2.75) is 105 Å². The van der Waals surface area contributed by atoms with Gasteiger partial charge in [0.1, 0.15) is 6.10 Å². The Labute approximate surface area is 191 Å². The summed E-state index contributed by atoms with van der Waals surface area (Å²) in [5.74, 6) is 4.69. The molecule has 4 aliphatic rings. The van der Waals surface area contributed by atoms with Crippen molar-refractivity contribution < 1.29 is 9.53 Å². The van der Waals surface area contributed by atoms with Crippen LogP contribution in [-0.4, -0.2) is 12.1 Å². The van der Waals surface area contributed by atoms with Gasteiger partial charge in [-0.3, -0.25) is 4.79 Å². The van der Waals surface area contributed by atoms with Gasteiger partial charge >= 0.3 is 5.97 Å². The van der Waals surface area contributed by atoms with Gasteiger partial charge in [0.15, 0.2) is 0 Å². The molecule has 0 saturated heterocycles. The average molecular weight is 427 g/mol. The van der Waals surface area contributed by atoms with Gasteiger partial charge < -0.3 is 4.74 Å². The molecule has 2 nitrogen and oxygen atoms in total. The Hall–Kier alpha value is -1.05. The Morgan fingerprint density at radius 3 is 2.61 bits per heavy atom. The van der Waals surface area contributed by atoms with Gasteiger partial charge in [0, 0.05) is 13.3 Å². The number of carbonyl (C=O) groups excluding carboxylic acids is 1. The number of hydrogen-bond donors (Lipinski definition) is 0. The van der Waals surface area contributed by atoms with Crippen molar-refractivity contribution in [3.8, 4) is 0 Å². The van der Waals surface area contributed by atoms with E-state index in [9.17, 15) is 4.79 Å². The zero-order chi connectivity index (χ0) is 22.4. The van der Waals surface area contributed by atoms with E-state index in [-0.39, 0.29) is 12.1 Å². The summed E-state index contributed by atoms with van der Waals surface area (Å²) >= 11 is 0. The van der Waals surface area contributed by atoms with Crippen molar-refractivity contribution >= 4 is 5.97 Å². The van der Waals surface area contributed by atoms with Crippen molar-refractivity contribution in [2.75, 3.05) is 0 Å². The van der Waals surface area contributed by atoms with E-state index < -0.39 is 0 Å². The fourth-order valence-electron chi connectivity index (χ4n) is 8.50. The molecule has 31 heavy (non-hydrogen) atoms. The number of hydrogen-bond acceptors (Lipinski definition) is 2. The molecule has 0 aromatic carbocycles. The number of fused-ring (bicyclic) bond motifs is 5. The molecular weight excluding hydrogens is 380 g/mol. The van der Waals surface area contributed by atoms with Crippen LogP contribution in [0.25, 0.3) is 0 Å². The van der Waals surface area contributed by atoms with Crippen LogP contribution < -0.4 is 0 Å². The largest absolute Gasteiger partial charge is 0.462 e. The molecule has 0 unspecified atom stereocenters. The van der Waals surface area contributed by atoms with Crippen molar-refractivity contribution in [1.82, 2.24) is 0 Å². The molecule has 4 rings (SSSR count). The van der Waals surface area contributed by atoms with Crippen molar-refractivity contribution in [3.63, 3.8) is 0 Å². The van der Waals surface area contributed by atoms with E-state index in [1.807, 2.05) is 0 Å². The summed E-state index contributed by atoms with van der Waals surface area (Å²) in [6.07, 6.45) is 19.1. The number of ether oxygens (including phenoxy) is 1. The van der Waals surface area contributed by atoms with E-state index >= 15 is 0 Å². The third-order valence-electron chi connectivity index (χ3n) is 10.5. The van der Waals surface area contributed by atoms with E-state index in [1.165, 1.54) is 44.9 Å². The highest BCUT2D eigenvalue weighted by Gasteiger charge is 2.59. The Kier molecular flexibility index (Phi) is 6.50. The summed E-state index contributed by atoms with van der Waals surface area (Å²) in [6.45, 7) is 13.9. The van der Waals surface area contributed by atoms with Crippen LogP contribution in [0.3, 0.4) is 0 Å². The Morgan fingerprint density at radius 2 is 1.90 bits per heavy atom. The fraction of sp³-hybridized carbons (Fsp3) is 0.828. The minimum absolute atomic E-state index is 0.108. The van der Waals surface area contributed by atoms with E-state index in [0.29, 0.717) is 22.7 Å². The number of esters is 1. The third-order valence-corrected chi connectivity index (χ3v) is 10.5. The predicted octanol–water partition coefficient (Wildman–Crippen LogP) is 7.74. The lowest BCUT2D eigenvalue weighted by Crippen LogP contribution is -2.51. The summed E-state index contributed by atoms with van der Waals surface area (Å²) in [5.41, 5.74) is 2.45. The van der Waals surface area contributed by atoms with Crippen LogP contribution in [0.2, 0.25) is 0 Å². The highest BCUT2D eigenvalue weighted by Crippen LogP contribution is 2.67. The van der Waals surface area contributed by atoms with Crippen LogP contribution in [0.15, 0.2) is 23.8 Å². The van der Waals surface area contributed by atoms with E-state index in [0.717, 1.165) is 36.5 Å². The van der Waals surface area contributed by atoms with Gasteiger partial charge in [-0.15, -0.1) is 0 Å². The van der Waals surface area contributed by atoms with Crippen LogP contribution in [-0.2, 0) is 9.53 Å². The first-order valence-electron chi connectivity index (χ1n) is 13.2. The Bertz CT molecular complexity index is 735. The van der Waals surface area contributed by atoms with E-state index in [2.05, 4.69) is 52.8 Å². The molecule has 0 heterocycles. The first kappa shape index (κ1) is 23.1. The summed E-state index contributed by atoms with van der Waals surface area (Å²) in [6, 6.07) is 0. The maximum absolute atomic E-state index is 11.5. The Morgan fingerprint density at radius 1 is 1.13 bits per heavy atom. The van der Waals surface area contributed by atoms with Gasteiger partial charge in [-0.2, -0.15) is 0 Å². The van der Waals surface area contributed by atoms with E-state index in [4.69, 9.17) is 4.74 Å². The molecule has 0 aromatic heterocycles. The van der Waals surface area contributed by atoms with Gasteiger partial charge in [-0.05, 0) is 91.3 Å². The molecule has 174 valence electrons. The quantitative estimate of drug-likeness (QED) is 0.332. The number of carbonyl (C=O) groups is 1. The molecule has 9 atom stereocenters. The average Bonchev–Trinajstić information content (AvgIpc) is 3.09. The molecular formula is C29H46O2. The molecule has 0 aliphatic heterocycles. The molecule has 3 saturated carbocycles. The maximum Gasteiger partial charge on any atom is 0.302 e. The second-order valence-electron chi connectivity index (χ2n) is 12.1. The lowest BCUT2D eigenvalue weighted by atomic mass is 9.47. The van der Waals surface area contributed by atoms with Crippen molar-refractivity contribution in [2.24, 2.45) is 46.3 Å². The number of rotatable bonds is 5. The first-order valence-corrected chi connectivity index (χ1v) is 13.2. The third kappa shape index (κ3) is 4.06. The van der Waals surface area contributed by atoms with Crippen LogP contribution >= 0.6 is 0 Å². The van der Waals surface area contributed by atoms with Crippen molar-refractivity contribution in [1.29, 1.82) is 0 Å². The molecule has 2 heteroatoms. The summed E-state index contributed by atoms with van der Waals surface area (Å²) in [4.78, 5) is 11.5. The summed E-state index contributed by atoms with van der Waals surface area (Å²) in [7, 11) is 0. The standard InChI is InChI=1S/C29H46O2/c1-7-19(2)8-9-20(3)25-12-13-26-24-11-10-22-18-23(31-21(4)30)14-16-28(22,5)27(24)15-17-29(25,26)6/h8-10,19-20,23-27H,7,11-18H2,1-6H3/b9-8+/t19-,20-,23+,24+,25-,26+,27+,28+,29-/m1/s1. The lowest BCUT2D eigenvalue weighted by molar-refractivity contribution is -0.148. The van der Waals surface area contributed by atoms with Gasteiger partial charge in [0.2, 0.25) is 0 Å². The van der Waals surface area contributed by atoms with Crippen LogP contribution in [0.4, 0.5) is 0 Å². The second kappa shape index (κ2) is 8.71. The van der Waals surface area contributed by atoms with Crippen LogP contribution in [0.1, 0.15) is 99.3 Å². The molecule has 3 fully saturated rings. The molecule has 0 bridgehead atoms. The normalized spacial score (nSPS) is 44.1. The minimum Gasteiger partial charge on any atom is -0.462 e. The predicted molar refractivity (Wildman–Crippen MR) is 129 cm³/mol. The smallest absolute Gasteiger partial charge is 0.302 e. The van der Waals surface area contributed by atoms with Gasteiger partial charge in [0.25, 0.3) is 0 Å². The van der Waals surface area contributed by atoms with Gasteiger partial charge in [-0.25, -0.2) is 0 Å². The first-order chi connectivity index (χ1) is 14.7. The topological polar surface area (TPSA) is 26.3 Å². The molecule has 4 aliphatic carbocycles. The molecule has 0 amide bonds. The molecule has 0 spiro atoms. The molecule has 0 N–H and O–H groups in total. The fourth-order valence-corrected chi connectivity index (χ4v) is 8.50. The molecule has 0 radical (unpaired) electrons. The summed E-state index contributed by atoms with van der Waals surface area (Å²) in [5, 5.41) is 0. The van der Waals surface area contributed by atoms with Crippen LogP contribution in [0.5, 0.6) is 0 Å². The monoisotopic (exact) mass is 426 g/mol. The Balaban J connectivity index is 1.51. The lowest BCUT2D eigenvalue weighted by Gasteiger charge is -2.58. The van der Waals surface area contributed by atoms with E-state index in [1.54, 1.807) is 12.5 Å². The van der Waals surface area contributed by atoms with Crippen LogP contribution in [0, 0.1) is 46.3 Å². The SMILES string of the molecule is CC[C@@H](C)/C=C/[C@@H](C)[C@H]1CC[C@H]2[C@@H]3CC=C4C[C@@H](OC(C)=O)CC[C@]4(C)[C@H]3CC[C@]12C. The number of allylic oxidation sites excluding steroid dienone is 3. The highest BCUT2D eigenvalue weighted by atomic mass is 16.5. The zero-order valence-corrected chi connectivity index (χ0v) is 21.0. The van der Waals surface area contributed by atoms with Gasteiger partial charge in [-0.1, -0.05) is 64.8 Å². The summed E-state index contributed by atoms with van der Waals surface area (Å²) < 4.78 is 5.61. The minimum atomic E-state index is -0.121. The zero-order valence-electron chi connectivity index (χ0n) is 21.0. The second-order valence-corrected chi connectivity index (χ2v) is 12.1. The van der Waals surface area contributed by atoms with Gasteiger partial charge in [0.05, 0.1) is 0 Å². The molecule has 0 aromatic rings. The highest BCUT2D eigenvalue weighted by molar-refractivity contribution is 5.66. The van der Waals surface area contributed by atoms with Crippen molar-refractivity contribution in [3.05, 3.63) is 23.8 Å². The maximum atomic E-state index is 11.5.